The highest BCUT2D eigenvalue weighted by atomic mass is 35.5. The number of likely N-dealkylation sites (tertiary alicyclic amines) is 1. The lowest BCUT2D eigenvalue weighted by Gasteiger charge is -2.13. The lowest BCUT2D eigenvalue weighted by Crippen LogP contribution is -2.25. The van der Waals surface area contributed by atoms with E-state index in [1.54, 1.807) is 11.3 Å². The van der Waals surface area contributed by atoms with E-state index in [2.05, 4.69) is 15.2 Å². The smallest absolute Gasteiger partial charge is 0.183 e. The van der Waals surface area contributed by atoms with Gasteiger partial charge in [-0.15, -0.1) is 0 Å². The molecule has 3 rings (SSSR count). The number of nitrogens with one attached hydrogen (secondary N) is 1. The molecule has 0 saturated carbocycles. The van der Waals surface area contributed by atoms with Gasteiger partial charge in [0.1, 0.15) is 0 Å². The van der Waals surface area contributed by atoms with E-state index in [0.717, 1.165) is 33.5 Å². The molecule has 0 radical (unpaired) electrons. The Kier molecular flexibility index (Phi) is 3.68. The van der Waals surface area contributed by atoms with Crippen molar-refractivity contribution in [2.45, 2.75) is 12.8 Å². The van der Waals surface area contributed by atoms with Crippen LogP contribution in [0.25, 0.3) is 10.2 Å². The maximum absolute atomic E-state index is 6.14. The molecular weight excluding hydrogens is 266 g/mol. The van der Waals surface area contributed by atoms with Gasteiger partial charge in [-0.1, -0.05) is 29.0 Å². The van der Waals surface area contributed by atoms with Crippen molar-refractivity contribution in [3.63, 3.8) is 0 Å². The van der Waals surface area contributed by atoms with Crippen molar-refractivity contribution in [1.82, 2.24) is 9.88 Å². The van der Waals surface area contributed by atoms with Crippen LogP contribution in [-0.4, -0.2) is 36.1 Å². The monoisotopic (exact) mass is 281 g/mol. The highest BCUT2D eigenvalue weighted by Crippen LogP contribution is 2.31. The number of nitrogens with zero attached hydrogens (tertiary/aromatic N) is 2. The van der Waals surface area contributed by atoms with Gasteiger partial charge in [0.05, 0.1) is 15.2 Å². The molecule has 3 nitrogen and oxygen atoms in total. The van der Waals surface area contributed by atoms with E-state index < -0.39 is 0 Å². The van der Waals surface area contributed by atoms with Crippen LogP contribution in [0.15, 0.2) is 18.2 Å². The van der Waals surface area contributed by atoms with Gasteiger partial charge in [0.2, 0.25) is 0 Å². The summed E-state index contributed by atoms with van der Waals surface area (Å²) in [5.74, 6) is 0. The van der Waals surface area contributed by atoms with Gasteiger partial charge < -0.3 is 10.2 Å². The molecule has 1 aromatic carbocycles. The van der Waals surface area contributed by atoms with Crippen molar-refractivity contribution in [1.29, 1.82) is 0 Å². The zero-order valence-electron chi connectivity index (χ0n) is 10.2. The summed E-state index contributed by atoms with van der Waals surface area (Å²) in [4.78, 5) is 7.04. The summed E-state index contributed by atoms with van der Waals surface area (Å²) in [6.45, 7) is 4.54. The molecule has 1 fully saturated rings. The molecule has 1 aliphatic rings. The molecule has 0 atom stereocenters. The van der Waals surface area contributed by atoms with Crippen LogP contribution in [0.5, 0.6) is 0 Å². The third-order valence-electron chi connectivity index (χ3n) is 3.27. The summed E-state index contributed by atoms with van der Waals surface area (Å²) in [5, 5.41) is 5.15. The Balaban J connectivity index is 1.62. The highest BCUT2D eigenvalue weighted by Gasteiger charge is 2.11. The first-order valence-corrected chi connectivity index (χ1v) is 7.54. The van der Waals surface area contributed by atoms with Gasteiger partial charge in [0.15, 0.2) is 5.13 Å². The Morgan fingerprint density at radius 1 is 1.33 bits per heavy atom. The van der Waals surface area contributed by atoms with E-state index in [9.17, 15) is 0 Å². The zero-order valence-corrected chi connectivity index (χ0v) is 11.7. The average Bonchev–Trinajstić information content (AvgIpc) is 2.98. The second-order valence-corrected chi connectivity index (χ2v) is 5.99. The van der Waals surface area contributed by atoms with Crippen molar-refractivity contribution in [2.75, 3.05) is 31.5 Å². The van der Waals surface area contributed by atoms with Crippen LogP contribution in [0.4, 0.5) is 5.13 Å². The Hall–Kier alpha value is -0.840. The number of halogens is 1. The maximum atomic E-state index is 6.14. The number of hydrogen-bond donors (Lipinski definition) is 1. The lowest BCUT2D eigenvalue weighted by molar-refractivity contribution is 0.352. The fourth-order valence-corrected chi connectivity index (χ4v) is 3.50. The molecule has 2 aromatic rings. The van der Waals surface area contributed by atoms with E-state index in [1.165, 1.54) is 25.9 Å². The first kappa shape index (κ1) is 12.2. The van der Waals surface area contributed by atoms with E-state index in [-0.39, 0.29) is 0 Å². The summed E-state index contributed by atoms with van der Waals surface area (Å²) in [6.07, 6.45) is 2.69. The summed E-state index contributed by atoms with van der Waals surface area (Å²) >= 11 is 7.78. The number of thiazole rings is 1. The predicted molar refractivity (Wildman–Crippen MR) is 78.8 cm³/mol. The van der Waals surface area contributed by atoms with E-state index in [0.29, 0.717) is 0 Å². The molecular formula is C13H16ClN3S. The van der Waals surface area contributed by atoms with E-state index in [4.69, 9.17) is 11.6 Å². The van der Waals surface area contributed by atoms with Gasteiger partial charge >= 0.3 is 0 Å². The highest BCUT2D eigenvalue weighted by molar-refractivity contribution is 7.22. The number of hydrogen-bond acceptors (Lipinski definition) is 4. The van der Waals surface area contributed by atoms with Gasteiger partial charge in [-0.05, 0) is 38.1 Å². The maximum Gasteiger partial charge on any atom is 0.183 e. The fraction of sp³-hybridized carbons (Fsp3) is 0.462. The molecule has 2 heterocycles. The van der Waals surface area contributed by atoms with Crippen LogP contribution >= 0.6 is 22.9 Å². The number of fused-ring (bicyclic) bond motifs is 1. The van der Waals surface area contributed by atoms with Crippen LogP contribution < -0.4 is 5.32 Å². The Morgan fingerprint density at radius 3 is 2.94 bits per heavy atom. The van der Waals surface area contributed by atoms with E-state index >= 15 is 0 Å². The summed E-state index contributed by atoms with van der Waals surface area (Å²) < 4.78 is 1.07. The summed E-state index contributed by atoms with van der Waals surface area (Å²) in [7, 11) is 0. The van der Waals surface area contributed by atoms with E-state index in [1.807, 2.05) is 18.2 Å². The number of aromatic nitrogens is 1. The minimum Gasteiger partial charge on any atom is -0.360 e. The summed E-state index contributed by atoms with van der Waals surface area (Å²) in [5.41, 5.74) is 0.983. The number of rotatable bonds is 4. The Bertz CT molecular complexity index is 534. The molecule has 18 heavy (non-hydrogen) atoms. The number of anilines is 1. The normalized spacial score (nSPS) is 16.5. The van der Waals surface area contributed by atoms with Crippen molar-refractivity contribution in [2.24, 2.45) is 0 Å². The molecule has 1 N–H and O–H groups in total. The molecule has 1 saturated heterocycles. The Morgan fingerprint density at radius 2 is 2.17 bits per heavy atom. The van der Waals surface area contributed by atoms with Crippen LogP contribution in [0.3, 0.4) is 0 Å². The van der Waals surface area contributed by atoms with Crippen LogP contribution in [0.1, 0.15) is 12.8 Å². The van der Waals surface area contributed by atoms with Crippen molar-refractivity contribution in [3.05, 3.63) is 23.2 Å². The second-order valence-electron chi connectivity index (χ2n) is 4.58. The third-order valence-corrected chi connectivity index (χ3v) is 4.76. The third kappa shape index (κ3) is 2.60. The minimum atomic E-state index is 0.789. The average molecular weight is 282 g/mol. The standard InChI is InChI=1S/C13H16ClN3S/c14-10-4-3-5-11-12(10)18-13(16-11)15-6-9-17-7-1-2-8-17/h3-5H,1-2,6-9H2,(H,15,16). The SMILES string of the molecule is Clc1cccc2nc(NCCN3CCCC3)sc12. The first-order valence-electron chi connectivity index (χ1n) is 6.34. The molecule has 5 heteroatoms. The molecule has 0 spiro atoms. The molecule has 0 aliphatic carbocycles. The van der Waals surface area contributed by atoms with Gasteiger partial charge in [0, 0.05) is 13.1 Å². The van der Waals surface area contributed by atoms with Crippen molar-refractivity contribution < 1.29 is 0 Å². The molecule has 0 unspecified atom stereocenters. The zero-order chi connectivity index (χ0) is 12.4. The first-order chi connectivity index (χ1) is 8.83. The largest absolute Gasteiger partial charge is 0.360 e. The number of benzene rings is 1. The van der Waals surface area contributed by atoms with Gasteiger partial charge in [-0.2, -0.15) is 0 Å². The Labute approximate surface area is 116 Å². The van der Waals surface area contributed by atoms with Crippen LogP contribution in [0, 0.1) is 0 Å². The van der Waals surface area contributed by atoms with Crippen LogP contribution in [0.2, 0.25) is 5.02 Å². The molecule has 96 valence electrons. The van der Waals surface area contributed by atoms with Gasteiger partial charge in [0.25, 0.3) is 0 Å². The van der Waals surface area contributed by atoms with Crippen molar-refractivity contribution in [3.8, 4) is 0 Å². The fourth-order valence-electron chi connectivity index (χ4n) is 2.32. The molecule has 0 bridgehead atoms. The molecule has 1 aliphatic heterocycles. The van der Waals surface area contributed by atoms with Crippen molar-refractivity contribution >= 4 is 38.3 Å². The van der Waals surface area contributed by atoms with Gasteiger partial charge in [-0.25, -0.2) is 4.98 Å². The quantitative estimate of drug-likeness (QED) is 0.930. The van der Waals surface area contributed by atoms with Gasteiger partial charge in [-0.3, -0.25) is 0 Å². The van der Waals surface area contributed by atoms with Crippen LogP contribution in [-0.2, 0) is 0 Å². The lowest BCUT2D eigenvalue weighted by atomic mass is 10.3. The second kappa shape index (κ2) is 5.43. The minimum absolute atomic E-state index is 0.789. The summed E-state index contributed by atoms with van der Waals surface area (Å²) in [6, 6.07) is 5.86. The molecule has 1 aromatic heterocycles. The molecule has 0 amide bonds. The topological polar surface area (TPSA) is 28.2 Å². The predicted octanol–water partition coefficient (Wildman–Crippen LogP) is 3.46.